The van der Waals surface area contributed by atoms with Gasteiger partial charge in [0.25, 0.3) is 0 Å². The third kappa shape index (κ3) is 3.84. The molecule has 0 saturated carbocycles. The zero-order chi connectivity index (χ0) is 18.0. The first-order valence-electron chi connectivity index (χ1n) is 8.55. The van der Waals surface area contributed by atoms with E-state index < -0.39 is 10.8 Å². The number of hydrogen-bond donors (Lipinski definition) is 0. The lowest BCUT2D eigenvalue weighted by Gasteiger charge is -2.39. The Balaban J connectivity index is 1.77. The van der Waals surface area contributed by atoms with Crippen molar-refractivity contribution in [3.8, 4) is 0 Å². The largest absolute Gasteiger partial charge is 0.338 e. The van der Waals surface area contributed by atoms with Crippen molar-refractivity contribution in [2.75, 3.05) is 31.1 Å². The number of hydrogen-bond acceptors (Lipinski definition) is 4. The molecule has 2 saturated heterocycles. The van der Waals surface area contributed by atoms with Gasteiger partial charge in [0, 0.05) is 60.7 Å². The highest BCUT2D eigenvalue weighted by Gasteiger charge is 2.37. The van der Waals surface area contributed by atoms with E-state index >= 15 is 0 Å². The number of aryl methyl sites for hydroxylation is 1. The molecule has 3 heterocycles. The number of carbonyl (C=O) groups excluding carboxylic acids is 2. The van der Waals surface area contributed by atoms with Crippen LogP contribution in [0.5, 0.6) is 0 Å². The van der Waals surface area contributed by atoms with Gasteiger partial charge in [0.1, 0.15) is 0 Å². The number of rotatable bonds is 3. The fourth-order valence-electron chi connectivity index (χ4n) is 3.60. The predicted molar refractivity (Wildman–Crippen MR) is 95.0 cm³/mol. The van der Waals surface area contributed by atoms with E-state index in [1.54, 1.807) is 15.8 Å². The van der Waals surface area contributed by atoms with Gasteiger partial charge in [0.05, 0.1) is 18.2 Å². The molecule has 2 amide bonds. The molecule has 3 unspecified atom stereocenters. The minimum Gasteiger partial charge on any atom is -0.338 e. The minimum atomic E-state index is -0.928. The average Bonchev–Trinajstić information content (AvgIpc) is 3.06. The zero-order valence-electron chi connectivity index (χ0n) is 14.5. The van der Waals surface area contributed by atoms with Gasteiger partial charge in [-0.2, -0.15) is 5.10 Å². The summed E-state index contributed by atoms with van der Waals surface area (Å²) in [5, 5.41) is 4.19. The Bertz CT molecular complexity index is 702. The van der Waals surface area contributed by atoms with Gasteiger partial charge in [-0.1, -0.05) is 6.58 Å². The Morgan fingerprint density at radius 2 is 2.20 bits per heavy atom. The summed E-state index contributed by atoms with van der Waals surface area (Å²) in [5.74, 6) is 0.667. The molecule has 136 valence electrons. The van der Waals surface area contributed by atoms with E-state index in [4.69, 9.17) is 0 Å². The maximum atomic E-state index is 13.1. The van der Waals surface area contributed by atoms with Crippen LogP contribution in [-0.2, 0) is 27.4 Å². The zero-order valence-corrected chi connectivity index (χ0v) is 15.3. The Morgan fingerprint density at radius 1 is 1.40 bits per heavy atom. The molecule has 0 spiro atoms. The molecule has 25 heavy (non-hydrogen) atoms. The van der Waals surface area contributed by atoms with Crippen molar-refractivity contribution >= 4 is 22.6 Å². The number of aromatic nitrogens is 2. The van der Waals surface area contributed by atoms with E-state index in [0.29, 0.717) is 31.1 Å². The average molecular weight is 364 g/mol. The molecule has 0 N–H and O–H groups in total. The van der Waals surface area contributed by atoms with Gasteiger partial charge in [-0.25, -0.2) is 0 Å². The topological polar surface area (TPSA) is 75.5 Å². The van der Waals surface area contributed by atoms with Crippen molar-refractivity contribution in [2.45, 2.75) is 18.9 Å². The van der Waals surface area contributed by atoms with Gasteiger partial charge in [-0.3, -0.25) is 18.5 Å². The van der Waals surface area contributed by atoms with E-state index in [0.717, 1.165) is 18.4 Å². The lowest BCUT2D eigenvalue weighted by molar-refractivity contribution is -0.141. The van der Waals surface area contributed by atoms with Crippen LogP contribution in [0, 0.1) is 5.92 Å². The van der Waals surface area contributed by atoms with Crippen LogP contribution >= 0.6 is 0 Å². The second kappa shape index (κ2) is 7.51. The molecule has 3 rings (SSSR count). The summed E-state index contributed by atoms with van der Waals surface area (Å²) >= 11 is 0. The molecule has 2 aliphatic rings. The Labute approximate surface area is 150 Å². The summed E-state index contributed by atoms with van der Waals surface area (Å²) < 4.78 is 13.8. The molecular formula is C17H24N4O3S. The van der Waals surface area contributed by atoms with E-state index in [1.807, 2.05) is 18.1 Å². The first-order valence-corrected chi connectivity index (χ1v) is 10.0. The first-order chi connectivity index (χ1) is 12.0. The van der Waals surface area contributed by atoms with Crippen LogP contribution in [0.3, 0.4) is 0 Å². The quantitative estimate of drug-likeness (QED) is 0.731. The molecule has 3 atom stereocenters. The van der Waals surface area contributed by atoms with Gasteiger partial charge in [0.2, 0.25) is 11.8 Å². The Kier molecular flexibility index (Phi) is 5.36. The monoisotopic (exact) mass is 364 g/mol. The SMILES string of the molecule is C=CC(=O)N1CCCC(C(=O)N2CCS(=O)CC2c2cnn(C)c2)C1. The molecule has 0 bridgehead atoms. The normalized spacial score (nSPS) is 27.2. The fourth-order valence-corrected chi connectivity index (χ4v) is 4.89. The molecule has 0 radical (unpaired) electrons. The van der Waals surface area contributed by atoms with Crippen molar-refractivity contribution in [1.29, 1.82) is 0 Å². The van der Waals surface area contributed by atoms with Crippen LogP contribution in [0.25, 0.3) is 0 Å². The third-order valence-electron chi connectivity index (χ3n) is 4.93. The number of piperidine rings is 1. The Hall–Kier alpha value is -1.96. The molecular weight excluding hydrogens is 340 g/mol. The van der Waals surface area contributed by atoms with E-state index in [1.165, 1.54) is 6.08 Å². The number of amides is 2. The van der Waals surface area contributed by atoms with Crippen molar-refractivity contribution in [3.05, 3.63) is 30.6 Å². The lowest BCUT2D eigenvalue weighted by Crippen LogP contribution is -2.50. The van der Waals surface area contributed by atoms with Crippen LogP contribution in [0.2, 0.25) is 0 Å². The van der Waals surface area contributed by atoms with Gasteiger partial charge in [-0.15, -0.1) is 0 Å². The molecule has 0 aromatic carbocycles. The fraction of sp³-hybridized carbons (Fsp3) is 0.588. The maximum Gasteiger partial charge on any atom is 0.245 e. The van der Waals surface area contributed by atoms with Crippen molar-refractivity contribution < 1.29 is 13.8 Å². The van der Waals surface area contributed by atoms with Gasteiger partial charge < -0.3 is 9.80 Å². The smallest absolute Gasteiger partial charge is 0.245 e. The van der Waals surface area contributed by atoms with E-state index in [9.17, 15) is 13.8 Å². The molecule has 2 fully saturated rings. The first kappa shape index (κ1) is 17.8. The molecule has 2 aliphatic heterocycles. The second-order valence-electron chi connectivity index (χ2n) is 6.63. The van der Waals surface area contributed by atoms with Gasteiger partial charge in [-0.05, 0) is 18.9 Å². The van der Waals surface area contributed by atoms with Crippen molar-refractivity contribution in [1.82, 2.24) is 19.6 Å². The summed E-state index contributed by atoms with van der Waals surface area (Å²) in [4.78, 5) is 28.6. The summed E-state index contributed by atoms with van der Waals surface area (Å²) in [6, 6.07) is -0.207. The summed E-state index contributed by atoms with van der Waals surface area (Å²) in [7, 11) is 0.901. The lowest BCUT2D eigenvalue weighted by atomic mass is 9.95. The molecule has 1 aromatic rings. The molecule has 8 heteroatoms. The van der Waals surface area contributed by atoms with E-state index in [2.05, 4.69) is 11.7 Å². The molecule has 0 aliphatic carbocycles. The summed E-state index contributed by atoms with van der Waals surface area (Å²) in [6.45, 7) is 5.12. The number of likely N-dealkylation sites (tertiary alicyclic amines) is 1. The van der Waals surface area contributed by atoms with Crippen molar-refractivity contribution in [2.24, 2.45) is 13.0 Å². The van der Waals surface area contributed by atoms with Crippen molar-refractivity contribution in [3.63, 3.8) is 0 Å². The highest BCUT2D eigenvalue weighted by molar-refractivity contribution is 7.85. The van der Waals surface area contributed by atoms with Crippen LogP contribution in [0.1, 0.15) is 24.4 Å². The Morgan fingerprint density at radius 3 is 2.88 bits per heavy atom. The van der Waals surface area contributed by atoms with Gasteiger partial charge in [0.15, 0.2) is 0 Å². The number of carbonyl (C=O) groups is 2. The maximum absolute atomic E-state index is 13.1. The van der Waals surface area contributed by atoms with Crippen LogP contribution in [0.15, 0.2) is 25.0 Å². The van der Waals surface area contributed by atoms with Gasteiger partial charge >= 0.3 is 0 Å². The third-order valence-corrected chi connectivity index (χ3v) is 6.25. The second-order valence-corrected chi connectivity index (χ2v) is 8.25. The van der Waals surface area contributed by atoms with Crippen LogP contribution in [-0.4, -0.2) is 66.7 Å². The predicted octanol–water partition coefficient (Wildman–Crippen LogP) is 0.477. The summed E-state index contributed by atoms with van der Waals surface area (Å²) in [6.07, 6.45) is 6.51. The highest BCUT2D eigenvalue weighted by Crippen LogP contribution is 2.29. The minimum absolute atomic E-state index is 0.0483. The summed E-state index contributed by atoms with van der Waals surface area (Å²) in [5.41, 5.74) is 0.915. The molecule has 7 nitrogen and oxygen atoms in total. The van der Waals surface area contributed by atoms with E-state index in [-0.39, 0.29) is 23.8 Å². The number of nitrogens with zero attached hydrogens (tertiary/aromatic N) is 4. The van der Waals surface area contributed by atoms with Crippen LogP contribution < -0.4 is 0 Å². The highest BCUT2D eigenvalue weighted by atomic mass is 32.2. The van der Waals surface area contributed by atoms with Crippen LogP contribution in [0.4, 0.5) is 0 Å². The molecule has 1 aromatic heterocycles. The standard InChI is InChI=1S/C17H24N4O3S/c1-3-16(22)20-6-4-5-13(11-20)17(23)21-7-8-25(24)12-15(21)14-9-18-19(2)10-14/h3,9-10,13,15H,1,4-8,11-12H2,2H3.